The van der Waals surface area contributed by atoms with Crippen molar-refractivity contribution in [2.45, 2.75) is 35.1 Å². The molecule has 5 aromatic rings. The maximum atomic E-state index is 9.31. The van der Waals surface area contributed by atoms with Crippen LogP contribution < -0.4 is 16.4 Å². The molecule has 1 aromatic carbocycles. The summed E-state index contributed by atoms with van der Waals surface area (Å²) in [5.74, 6) is 1.28. The van der Waals surface area contributed by atoms with Gasteiger partial charge in [-0.3, -0.25) is 4.40 Å². The van der Waals surface area contributed by atoms with Crippen LogP contribution in [0.5, 0.6) is 0 Å². The number of hydrogen-bond acceptors (Lipinski definition) is 8. The summed E-state index contributed by atoms with van der Waals surface area (Å²) in [4.78, 5) is 18.0. The number of hydrogen-bond donors (Lipinski definition) is 2. The lowest BCUT2D eigenvalue weighted by atomic mass is 9.73. The molecule has 4 N–H and O–H groups in total. The molecule has 1 spiro atoms. The first-order valence-corrected chi connectivity index (χ1v) is 13.4. The zero-order valence-corrected chi connectivity index (χ0v) is 21.4. The average molecular weight is 527 g/mol. The van der Waals surface area contributed by atoms with Gasteiger partial charge in [0.05, 0.1) is 27.7 Å². The minimum Gasteiger partial charge on any atom is -0.382 e. The van der Waals surface area contributed by atoms with Crippen molar-refractivity contribution in [3.8, 4) is 6.07 Å². The summed E-state index contributed by atoms with van der Waals surface area (Å²) in [5, 5.41) is 9.76. The molecule has 37 heavy (non-hydrogen) atoms. The molecule has 0 bridgehead atoms. The summed E-state index contributed by atoms with van der Waals surface area (Å²) in [6, 6.07) is 14.1. The van der Waals surface area contributed by atoms with Crippen LogP contribution in [0.15, 0.2) is 58.6 Å². The van der Waals surface area contributed by atoms with Crippen LogP contribution in [-0.2, 0) is 6.42 Å². The second-order valence-electron chi connectivity index (χ2n) is 9.93. The zero-order chi connectivity index (χ0) is 25.3. The fourth-order valence-electron chi connectivity index (χ4n) is 6.00. The number of imidazole rings is 2. The number of piperidine rings is 1. The fourth-order valence-corrected chi connectivity index (χ4v) is 7.16. The molecule has 1 fully saturated rings. The largest absolute Gasteiger partial charge is 0.382 e. The van der Waals surface area contributed by atoms with Crippen LogP contribution in [0.2, 0.25) is 5.02 Å². The van der Waals surface area contributed by atoms with E-state index in [9.17, 15) is 5.26 Å². The molecule has 5 heterocycles. The number of fused-ring (bicyclic) bond motifs is 1. The Bertz CT molecular complexity index is 1720. The van der Waals surface area contributed by atoms with Crippen LogP contribution in [0, 0.1) is 16.7 Å². The minimum absolute atomic E-state index is 0.0289. The van der Waals surface area contributed by atoms with E-state index in [1.807, 2.05) is 36.5 Å². The number of pyridine rings is 2. The van der Waals surface area contributed by atoms with Crippen LogP contribution in [0.25, 0.3) is 16.8 Å². The van der Waals surface area contributed by atoms with Gasteiger partial charge < -0.3 is 16.4 Å². The Morgan fingerprint density at radius 1 is 1.11 bits per heavy atom. The van der Waals surface area contributed by atoms with Crippen molar-refractivity contribution in [2.75, 3.05) is 23.7 Å². The third kappa shape index (κ3) is 3.37. The van der Waals surface area contributed by atoms with Crippen molar-refractivity contribution in [3.05, 3.63) is 70.5 Å². The van der Waals surface area contributed by atoms with E-state index in [0.29, 0.717) is 16.4 Å². The summed E-state index contributed by atoms with van der Waals surface area (Å²) in [6.45, 7) is 1.75. The Morgan fingerprint density at radius 2 is 1.95 bits per heavy atom. The molecule has 4 aromatic heterocycles. The first kappa shape index (κ1) is 22.6. The third-order valence-corrected chi connectivity index (χ3v) is 9.62. The monoisotopic (exact) mass is 526 g/mol. The van der Waals surface area contributed by atoms with Gasteiger partial charge in [0.2, 0.25) is 0 Å². The van der Waals surface area contributed by atoms with Gasteiger partial charge in [-0.15, -0.1) is 0 Å². The van der Waals surface area contributed by atoms with Gasteiger partial charge >= 0.3 is 0 Å². The lowest BCUT2D eigenvalue weighted by Crippen LogP contribution is -2.44. The van der Waals surface area contributed by atoms with Gasteiger partial charge in [0.25, 0.3) is 0 Å². The predicted octanol–water partition coefficient (Wildman–Crippen LogP) is 4.82. The smallest absolute Gasteiger partial charge is 0.157 e. The first-order valence-electron chi connectivity index (χ1n) is 12.2. The normalized spacial score (nSPS) is 18.6. The Morgan fingerprint density at radius 3 is 2.76 bits per heavy atom. The Labute approximate surface area is 222 Å². The zero-order valence-electron chi connectivity index (χ0n) is 19.9. The van der Waals surface area contributed by atoms with Gasteiger partial charge in [-0.05, 0) is 66.1 Å². The van der Waals surface area contributed by atoms with Crippen LogP contribution in [-0.4, -0.2) is 32.4 Å². The van der Waals surface area contributed by atoms with Crippen LogP contribution >= 0.6 is 23.4 Å². The molecule has 1 aliphatic heterocycles. The molecule has 1 unspecified atom stereocenters. The summed E-state index contributed by atoms with van der Waals surface area (Å²) in [7, 11) is 0. The van der Waals surface area contributed by atoms with Crippen molar-refractivity contribution >= 4 is 51.8 Å². The highest BCUT2D eigenvalue weighted by molar-refractivity contribution is 7.99. The topological polar surface area (TPSA) is 122 Å². The quantitative estimate of drug-likeness (QED) is 0.343. The molecule has 1 atom stereocenters. The van der Waals surface area contributed by atoms with E-state index in [0.717, 1.165) is 70.3 Å². The molecular weight excluding hydrogens is 504 g/mol. The van der Waals surface area contributed by atoms with E-state index in [1.165, 1.54) is 17.3 Å². The Hall–Kier alpha value is -3.58. The lowest BCUT2D eigenvalue weighted by Gasteiger charge is -2.42. The highest BCUT2D eigenvalue weighted by Gasteiger charge is 2.46. The van der Waals surface area contributed by atoms with Crippen molar-refractivity contribution < 1.29 is 0 Å². The van der Waals surface area contributed by atoms with Gasteiger partial charge in [0, 0.05) is 30.2 Å². The first-order chi connectivity index (χ1) is 18.0. The van der Waals surface area contributed by atoms with Gasteiger partial charge in [-0.2, -0.15) is 5.26 Å². The SMILES string of the molecule is N#Cc1ccc2c(c1)C(N)C1(CCN(c3nc4ccc(Sc5ccnc(N)c5Cl)c5ncc3n45)CC1)C2. The van der Waals surface area contributed by atoms with Crippen LogP contribution in [0.4, 0.5) is 11.6 Å². The van der Waals surface area contributed by atoms with Gasteiger partial charge in [0.15, 0.2) is 11.5 Å². The van der Waals surface area contributed by atoms with Gasteiger partial charge in [0.1, 0.15) is 17.0 Å². The summed E-state index contributed by atoms with van der Waals surface area (Å²) < 4.78 is 2.11. The van der Waals surface area contributed by atoms with Crippen LogP contribution in [0.3, 0.4) is 0 Å². The molecule has 0 amide bonds. The summed E-state index contributed by atoms with van der Waals surface area (Å²) >= 11 is 7.91. The number of nitrogen functional groups attached to an aromatic ring is 1. The van der Waals surface area contributed by atoms with E-state index in [4.69, 9.17) is 33.0 Å². The molecule has 1 aliphatic carbocycles. The maximum absolute atomic E-state index is 9.31. The minimum atomic E-state index is -0.0454. The van der Waals surface area contributed by atoms with Crippen molar-refractivity contribution in [1.29, 1.82) is 5.26 Å². The summed E-state index contributed by atoms with van der Waals surface area (Å²) in [5.41, 5.74) is 18.5. The maximum Gasteiger partial charge on any atom is 0.157 e. The van der Waals surface area contributed by atoms with Crippen molar-refractivity contribution in [3.63, 3.8) is 0 Å². The molecule has 7 rings (SSSR count). The number of aromatic nitrogens is 4. The third-order valence-electron chi connectivity index (χ3n) is 8.02. The molecule has 184 valence electrons. The van der Waals surface area contributed by atoms with E-state index >= 15 is 0 Å². The second-order valence-corrected chi connectivity index (χ2v) is 11.4. The number of nitriles is 1. The lowest BCUT2D eigenvalue weighted by molar-refractivity contribution is 0.187. The highest BCUT2D eigenvalue weighted by atomic mass is 35.5. The number of nitrogens with zero attached hydrogens (tertiary/aromatic N) is 6. The van der Waals surface area contributed by atoms with E-state index < -0.39 is 0 Å². The molecule has 2 aliphatic rings. The number of rotatable bonds is 3. The molecule has 0 radical (unpaired) electrons. The van der Waals surface area contributed by atoms with E-state index in [-0.39, 0.29) is 11.5 Å². The molecular formula is C27H23ClN8S. The number of halogens is 1. The number of anilines is 2. The highest BCUT2D eigenvalue weighted by Crippen LogP contribution is 2.51. The average Bonchev–Trinajstić information content (AvgIpc) is 3.59. The summed E-state index contributed by atoms with van der Waals surface area (Å²) in [6.07, 6.45) is 6.49. The molecule has 8 nitrogen and oxygen atoms in total. The van der Waals surface area contributed by atoms with E-state index in [1.54, 1.807) is 6.20 Å². The van der Waals surface area contributed by atoms with Gasteiger partial charge in [-0.1, -0.05) is 29.4 Å². The van der Waals surface area contributed by atoms with Crippen molar-refractivity contribution in [2.24, 2.45) is 11.1 Å². The van der Waals surface area contributed by atoms with Crippen LogP contribution in [0.1, 0.15) is 35.6 Å². The number of benzene rings is 1. The number of nitrogens with two attached hydrogens (primary N) is 2. The standard InChI is InChI=1S/C27H23ClN8S/c28-22-19(5-8-32-24(22)31)37-20-3-4-21-34-25(18-14-33-26(20)36(18)21)35-9-6-27(7-10-35)12-16-2-1-15(13-29)11-17(16)23(27)30/h1-5,8,11,14,23H,6-7,9-10,12,30H2,(H2,31,32). The fraction of sp³-hybridized carbons (Fsp3) is 0.259. The van der Waals surface area contributed by atoms with Crippen molar-refractivity contribution in [1.82, 2.24) is 19.4 Å². The second kappa shape index (κ2) is 8.21. The Kier molecular flexibility index (Phi) is 5.02. The van der Waals surface area contributed by atoms with E-state index in [2.05, 4.69) is 26.4 Å². The molecule has 1 saturated heterocycles. The molecule has 0 saturated carbocycles. The predicted molar refractivity (Wildman–Crippen MR) is 145 cm³/mol. The molecule has 10 heteroatoms. The van der Waals surface area contributed by atoms with Gasteiger partial charge in [-0.25, -0.2) is 15.0 Å². The Balaban J connectivity index is 1.16.